The van der Waals surface area contributed by atoms with Crippen LogP contribution in [-0.4, -0.2) is 11.3 Å². The first-order chi connectivity index (χ1) is 19.5. The highest BCUT2D eigenvalue weighted by molar-refractivity contribution is 6.98. The smallest absolute Gasteiger partial charge is 0.246 e. The molecule has 0 atom stereocenters. The summed E-state index contributed by atoms with van der Waals surface area (Å²) >= 11 is 0. The van der Waals surface area contributed by atoms with Gasteiger partial charge in [0.2, 0.25) is 6.71 Å². The molecule has 4 aromatic carbocycles. The van der Waals surface area contributed by atoms with Crippen molar-refractivity contribution in [3.8, 4) is 5.69 Å². The Kier molecular flexibility index (Phi) is 4.83. The van der Waals surface area contributed by atoms with Gasteiger partial charge in [-0.15, -0.1) is 0 Å². The molecule has 0 bridgehead atoms. The minimum atomic E-state index is -0.154. The van der Waals surface area contributed by atoms with Crippen LogP contribution in [-0.2, 0) is 11.8 Å². The number of allylic oxidation sites excluding steroid dienone is 4. The van der Waals surface area contributed by atoms with Gasteiger partial charge in [-0.1, -0.05) is 105 Å². The van der Waals surface area contributed by atoms with Crippen molar-refractivity contribution in [2.24, 2.45) is 0 Å². The summed E-state index contributed by atoms with van der Waals surface area (Å²) in [6, 6.07) is 35.8. The number of anilines is 2. The molecular weight excluding hydrogens is 483 g/mol. The van der Waals surface area contributed by atoms with Crippen LogP contribution in [0.1, 0.15) is 36.2 Å². The van der Waals surface area contributed by atoms with E-state index in [4.69, 9.17) is 0 Å². The Bertz CT molecular complexity index is 1940. The lowest BCUT2D eigenvalue weighted by Gasteiger charge is -2.42. The van der Waals surface area contributed by atoms with Gasteiger partial charge in [-0.3, -0.25) is 0 Å². The van der Waals surface area contributed by atoms with Crippen molar-refractivity contribution in [2.75, 3.05) is 4.90 Å². The molecule has 0 saturated carbocycles. The van der Waals surface area contributed by atoms with Gasteiger partial charge in [0.15, 0.2) is 0 Å². The number of rotatable bonds is 2. The first-order valence-corrected chi connectivity index (χ1v) is 14.3. The molecular formula is C37H31BN2. The standard InChI is InChI=1S/C37H31BN2/c1-5-14-25-23-33-24(2)27-17-10-12-20-30(27)40(33)32-22-13-21-31-35(32)38(25)34-28-18-9-11-19-29(28)37(3,4)36(34)39(31)26-15-7-6-8-16-26/h5-22H,1,23H2,2-4H3/b25-14+. The summed E-state index contributed by atoms with van der Waals surface area (Å²) < 4.78 is 2.54. The van der Waals surface area contributed by atoms with Crippen molar-refractivity contribution in [3.63, 3.8) is 0 Å². The van der Waals surface area contributed by atoms with Crippen LogP contribution >= 0.6 is 0 Å². The Balaban J connectivity index is 1.56. The summed E-state index contributed by atoms with van der Waals surface area (Å²) in [5.74, 6) is 0. The summed E-state index contributed by atoms with van der Waals surface area (Å²) in [5, 5.41) is 1.33. The average Bonchev–Trinajstić information content (AvgIpc) is 3.32. The number of fused-ring (bicyclic) bond motifs is 7. The maximum atomic E-state index is 4.18. The van der Waals surface area contributed by atoms with Gasteiger partial charge < -0.3 is 9.47 Å². The highest BCUT2D eigenvalue weighted by Crippen LogP contribution is 2.55. The molecule has 0 fully saturated rings. The van der Waals surface area contributed by atoms with Gasteiger partial charge in [0, 0.05) is 45.7 Å². The van der Waals surface area contributed by atoms with Gasteiger partial charge in [0.1, 0.15) is 0 Å². The van der Waals surface area contributed by atoms with E-state index >= 15 is 0 Å². The predicted molar refractivity (Wildman–Crippen MR) is 170 cm³/mol. The average molecular weight is 514 g/mol. The van der Waals surface area contributed by atoms with E-state index in [1.165, 1.54) is 72.5 Å². The Morgan fingerprint density at radius 1 is 0.825 bits per heavy atom. The fraction of sp³-hybridized carbons (Fsp3) is 0.135. The van der Waals surface area contributed by atoms with Gasteiger partial charge in [0.05, 0.1) is 5.52 Å². The van der Waals surface area contributed by atoms with Crippen molar-refractivity contribution in [1.29, 1.82) is 0 Å². The van der Waals surface area contributed by atoms with E-state index in [9.17, 15) is 0 Å². The van der Waals surface area contributed by atoms with Crippen LogP contribution in [0, 0.1) is 6.92 Å². The number of aromatic nitrogens is 1. The maximum Gasteiger partial charge on any atom is 0.246 e. The maximum absolute atomic E-state index is 4.18. The summed E-state index contributed by atoms with van der Waals surface area (Å²) in [6.45, 7) is 11.4. The van der Waals surface area contributed by atoms with E-state index in [0.29, 0.717) is 0 Å². The Labute approximate surface area is 236 Å². The molecule has 0 unspecified atom stereocenters. The Hall–Kier alpha value is -4.50. The Morgan fingerprint density at radius 3 is 2.38 bits per heavy atom. The molecule has 0 spiro atoms. The number of aryl methyl sites for hydroxylation is 1. The van der Waals surface area contributed by atoms with Crippen LogP contribution < -0.4 is 10.4 Å². The Morgan fingerprint density at radius 2 is 1.55 bits per heavy atom. The molecule has 0 radical (unpaired) electrons. The van der Waals surface area contributed by atoms with Crippen molar-refractivity contribution in [1.82, 2.24) is 4.57 Å². The van der Waals surface area contributed by atoms with Crippen LogP contribution in [0.4, 0.5) is 11.4 Å². The number of hydrogen-bond acceptors (Lipinski definition) is 1. The molecule has 2 aliphatic heterocycles. The number of hydrogen-bond donors (Lipinski definition) is 0. The third-order valence-electron chi connectivity index (χ3n) is 9.42. The first kappa shape index (κ1) is 23.4. The summed E-state index contributed by atoms with van der Waals surface area (Å²) in [6.07, 6.45) is 5.16. The molecule has 3 heterocycles. The van der Waals surface area contributed by atoms with Crippen molar-refractivity contribution in [3.05, 3.63) is 149 Å². The molecule has 0 saturated heterocycles. The van der Waals surface area contributed by atoms with Crippen LogP contribution in [0.2, 0.25) is 0 Å². The lowest BCUT2D eigenvalue weighted by atomic mass is 9.32. The normalized spacial score (nSPS) is 17.4. The quantitative estimate of drug-likeness (QED) is 0.215. The van der Waals surface area contributed by atoms with E-state index in [2.05, 4.69) is 140 Å². The minimum Gasteiger partial charge on any atom is -0.314 e. The zero-order valence-corrected chi connectivity index (χ0v) is 23.3. The number of nitrogens with zero attached hydrogens (tertiary/aromatic N) is 2. The molecule has 0 amide bonds. The van der Waals surface area contributed by atoms with Gasteiger partial charge in [-0.25, -0.2) is 0 Å². The van der Waals surface area contributed by atoms with Crippen molar-refractivity contribution >= 4 is 39.9 Å². The van der Waals surface area contributed by atoms with Crippen LogP contribution in [0.25, 0.3) is 22.1 Å². The largest absolute Gasteiger partial charge is 0.314 e. The predicted octanol–water partition coefficient (Wildman–Crippen LogP) is 8.24. The lowest BCUT2D eigenvalue weighted by Crippen LogP contribution is -2.46. The van der Waals surface area contributed by atoms with Gasteiger partial charge in [-0.2, -0.15) is 0 Å². The molecule has 8 rings (SSSR count). The fourth-order valence-electron chi connectivity index (χ4n) is 7.80. The van der Waals surface area contributed by atoms with E-state index in [0.717, 1.165) is 6.42 Å². The molecule has 0 N–H and O–H groups in total. The summed E-state index contributed by atoms with van der Waals surface area (Å²) in [7, 11) is 0. The molecule has 40 heavy (non-hydrogen) atoms. The molecule has 1 aliphatic carbocycles. The highest BCUT2D eigenvalue weighted by Gasteiger charge is 2.51. The zero-order valence-electron chi connectivity index (χ0n) is 23.3. The van der Waals surface area contributed by atoms with Gasteiger partial charge in [-0.05, 0) is 64.9 Å². The topological polar surface area (TPSA) is 8.17 Å². The summed E-state index contributed by atoms with van der Waals surface area (Å²) in [5.41, 5.74) is 16.0. The number of para-hydroxylation sites is 2. The first-order valence-electron chi connectivity index (χ1n) is 14.3. The van der Waals surface area contributed by atoms with Crippen molar-refractivity contribution < 1.29 is 0 Å². The number of benzene rings is 4. The van der Waals surface area contributed by atoms with E-state index in [1.54, 1.807) is 0 Å². The molecule has 3 aliphatic rings. The second-order valence-corrected chi connectivity index (χ2v) is 11.8. The van der Waals surface area contributed by atoms with E-state index in [1.807, 2.05) is 6.08 Å². The molecule has 5 aromatic rings. The van der Waals surface area contributed by atoms with E-state index in [-0.39, 0.29) is 12.1 Å². The van der Waals surface area contributed by atoms with Gasteiger partial charge in [0.25, 0.3) is 0 Å². The zero-order chi connectivity index (χ0) is 27.2. The third-order valence-corrected chi connectivity index (χ3v) is 9.42. The van der Waals surface area contributed by atoms with Crippen molar-refractivity contribution in [2.45, 2.75) is 32.6 Å². The highest BCUT2D eigenvalue weighted by atomic mass is 15.2. The molecule has 192 valence electrons. The molecule has 2 nitrogen and oxygen atoms in total. The van der Waals surface area contributed by atoms with Crippen LogP contribution in [0.3, 0.4) is 0 Å². The van der Waals surface area contributed by atoms with E-state index < -0.39 is 0 Å². The third kappa shape index (κ3) is 2.90. The van der Waals surface area contributed by atoms with Gasteiger partial charge >= 0.3 is 0 Å². The van der Waals surface area contributed by atoms with Crippen LogP contribution in [0.5, 0.6) is 0 Å². The summed E-state index contributed by atoms with van der Waals surface area (Å²) in [4.78, 5) is 2.56. The second kappa shape index (κ2) is 8.25. The minimum absolute atomic E-state index is 0.139. The fourth-order valence-corrected chi connectivity index (χ4v) is 7.80. The lowest BCUT2D eigenvalue weighted by molar-refractivity contribution is 0.626. The molecule has 1 aromatic heterocycles. The SMILES string of the molecule is C=C/C=C1\Cc2c(C)c3ccccc3n2-c2cccc3c2B1C1=C(N3c2ccccc2)C(C)(C)c2ccccc21. The van der Waals surface area contributed by atoms with Crippen LogP contribution in [0.15, 0.2) is 127 Å². The molecule has 3 heteroatoms. The monoisotopic (exact) mass is 514 g/mol. The second-order valence-electron chi connectivity index (χ2n) is 11.8.